The Morgan fingerprint density at radius 3 is 2.79 bits per heavy atom. The highest BCUT2D eigenvalue weighted by atomic mass is 35.5. The molecule has 0 saturated carbocycles. The molecule has 0 aliphatic heterocycles. The SMILES string of the molecule is C[C@](N)(CO)c1cc(Cl)ccc1C#N. The van der Waals surface area contributed by atoms with Gasteiger partial charge in [-0.1, -0.05) is 11.6 Å². The summed E-state index contributed by atoms with van der Waals surface area (Å²) in [5.74, 6) is 0. The Hall–Kier alpha value is -1.08. The van der Waals surface area contributed by atoms with Crippen LogP contribution in [0.2, 0.25) is 5.02 Å². The standard InChI is InChI=1S/C10H11ClN2O/c1-10(13,6-14)9-4-8(11)3-2-7(9)5-12/h2-4,14H,6,13H2,1H3/t10-/m0/s1. The molecule has 0 aliphatic carbocycles. The van der Waals surface area contributed by atoms with Crippen LogP contribution in [0.4, 0.5) is 0 Å². The van der Waals surface area contributed by atoms with Crippen LogP contribution in [0.3, 0.4) is 0 Å². The molecule has 1 aromatic carbocycles. The van der Waals surface area contributed by atoms with Crippen molar-refractivity contribution >= 4 is 11.6 Å². The molecule has 0 fully saturated rings. The number of nitrogens with two attached hydrogens (primary N) is 1. The predicted octanol–water partition coefficient (Wildman–Crippen LogP) is 1.38. The number of aliphatic hydroxyl groups is 1. The summed E-state index contributed by atoms with van der Waals surface area (Å²) in [6.45, 7) is 1.42. The van der Waals surface area contributed by atoms with Crippen LogP contribution in [0.5, 0.6) is 0 Å². The van der Waals surface area contributed by atoms with Crippen molar-refractivity contribution in [2.75, 3.05) is 6.61 Å². The van der Waals surface area contributed by atoms with Crippen molar-refractivity contribution in [1.82, 2.24) is 0 Å². The topological polar surface area (TPSA) is 70.0 Å². The molecule has 1 aromatic rings. The van der Waals surface area contributed by atoms with E-state index in [0.29, 0.717) is 16.1 Å². The zero-order valence-electron chi connectivity index (χ0n) is 7.79. The van der Waals surface area contributed by atoms with Crippen LogP contribution in [0.25, 0.3) is 0 Å². The van der Waals surface area contributed by atoms with Gasteiger partial charge < -0.3 is 10.8 Å². The molecule has 74 valence electrons. The number of nitriles is 1. The summed E-state index contributed by atoms with van der Waals surface area (Å²) in [6.07, 6.45) is 0. The molecule has 0 saturated heterocycles. The summed E-state index contributed by atoms with van der Waals surface area (Å²) in [6, 6.07) is 6.84. The fourth-order valence-corrected chi connectivity index (χ4v) is 1.34. The average molecular weight is 211 g/mol. The molecule has 0 spiro atoms. The van der Waals surface area contributed by atoms with Gasteiger partial charge in [-0.3, -0.25) is 0 Å². The van der Waals surface area contributed by atoms with Crippen molar-refractivity contribution in [2.45, 2.75) is 12.5 Å². The molecule has 0 heterocycles. The maximum atomic E-state index is 9.08. The first kappa shape index (κ1) is 11.0. The van der Waals surface area contributed by atoms with E-state index in [0.717, 1.165) is 0 Å². The van der Waals surface area contributed by atoms with Gasteiger partial charge in [0.1, 0.15) is 0 Å². The van der Waals surface area contributed by atoms with Crippen LogP contribution >= 0.6 is 11.6 Å². The van der Waals surface area contributed by atoms with E-state index in [1.165, 1.54) is 0 Å². The van der Waals surface area contributed by atoms with Crippen LogP contribution in [0.1, 0.15) is 18.1 Å². The summed E-state index contributed by atoms with van der Waals surface area (Å²) < 4.78 is 0. The Morgan fingerprint density at radius 2 is 2.29 bits per heavy atom. The second-order valence-corrected chi connectivity index (χ2v) is 3.81. The number of benzene rings is 1. The summed E-state index contributed by atoms with van der Waals surface area (Å²) >= 11 is 5.79. The number of aliphatic hydroxyl groups excluding tert-OH is 1. The Balaban J connectivity index is 3.32. The van der Waals surface area contributed by atoms with Gasteiger partial charge in [0.15, 0.2) is 0 Å². The first-order valence-electron chi connectivity index (χ1n) is 4.11. The van der Waals surface area contributed by atoms with E-state index in [-0.39, 0.29) is 6.61 Å². The zero-order chi connectivity index (χ0) is 10.8. The highest BCUT2D eigenvalue weighted by Crippen LogP contribution is 2.24. The fourth-order valence-electron chi connectivity index (χ4n) is 1.17. The Morgan fingerprint density at radius 1 is 1.64 bits per heavy atom. The van der Waals surface area contributed by atoms with E-state index in [9.17, 15) is 0 Å². The van der Waals surface area contributed by atoms with Crippen molar-refractivity contribution < 1.29 is 5.11 Å². The minimum absolute atomic E-state index is 0.234. The molecule has 3 nitrogen and oxygen atoms in total. The van der Waals surface area contributed by atoms with Crippen LogP contribution < -0.4 is 5.73 Å². The van der Waals surface area contributed by atoms with Crippen LogP contribution in [-0.2, 0) is 5.54 Å². The fraction of sp³-hybridized carbons (Fsp3) is 0.300. The monoisotopic (exact) mass is 210 g/mol. The van der Waals surface area contributed by atoms with Gasteiger partial charge >= 0.3 is 0 Å². The number of rotatable bonds is 2. The van der Waals surface area contributed by atoms with E-state index in [1.54, 1.807) is 25.1 Å². The first-order chi connectivity index (χ1) is 6.51. The van der Waals surface area contributed by atoms with Crippen molar-refractivity contribution in [1.29, 1.82) is 5.26 Å². The molecule has 0 unspecified atom stereocenters. The lowest BCUT2D eigenvalue weighted by atomic mass is 9.90. The van der Waals surface area contributed by atoms with Crippen LogP contribution in [-0.4, -0.2) is 11.7 Å². The third-order valence-electron chi connectivity index (χ3n) is 2.05. The van der Waals surface area contributed by atoms with Gasteiger partial charge in [-0.15, -0.1) is 0 Å². The first-order valence-corrected chi connectivity index (χ1v) is 4.49. The molecular weight excluding hydrogens is 200 g/mol. The molecule has 14 heavy (non-hydrogen) atoms. The third-order valence-corrected chi connectivity index (χ3v) is 2.28. The van der Waals surface area contributed by atoms with E-state index in [4.69, 9.17) is 27.7 Å². The second kappa shape index (κ2) is 3.97. The molecule has 0 amide bonds. The second-order valence-electron chi connectivity index (χ2n) is 3.38. The predicted molar refractivity (Wildman–Crippen MR) is 54.8 cm³/mol. The number of nitrogens with zero attached hydrogens (tertiary/aromatic N) is 1. The maximum Gasteiger partial charge on any atom is 0.0995 e. The minimum Gasteiger partial charge on any atom is -0.394 e. The molecule has 0 radical (unpaired) electrons. The normalized spacial score (nSPS) is 14.5. The zero-order valence-corrected chi connectivity index (χ0v) is 8.54. The summed E-state index contributed by atoms with van der Waals surface area (Å²) in [5, 5.41) is 18.4. The Bertz CT molecular complexity index is 382. The summed E-state index contributed by atoms with van der Waals surface area (Å²) in [7, 11) is 0. The van der Waals surface area contributed by atoms with E-state index in [2.05, 4.69) is 0 Å². The molecule has 0 aliphatic rings. The molecule has 0 bridgehead atoms. The van der Waals surface area contributed by atoms with E-state index >= 15 is 0 Å². The number of hydrogen-bond donors (Lipinski definition) is 2. The molecule has 1 rings (SSSR count). The van der Waals surface area contributed by atoms with Gasteiger partial charge in [-0.2, -0.15) is 5.26 Å². The highest BCUT2D eigenvalue weighted by Gasteiger charge is 2.23. The molecule has 0 aromatic heterocycles. The van der Waals surface area contributed by atoms with Crippen molar-refractivity contribution in [3.63, 3.8) is 0 Å². The van der Waals surface area contributed by atoms with Crippen molar-refractivity contribution in [2.24, 2.45) is 5.73 Å². The van der Waals surface area contributed by atoms with Crippen molar-refractivity contribution in [3.05, 3.63) is 34.3 Å². The molecular formula is C10H11ClN2O. The quantitative estimate of drug-likeness (QED) is 0.775. The summed E-state index contributed by atoms with van der Waals surface area (Å²) in [4.78, 5) is 0. The smallest absolute Gasteiger partial charge is 0.0995 e. The maximum absolute atomic E-state index is 9.08. The summed E-state index contributed by atoms with van der Waals surface area (Å²) in [5.41, 5.74) is 5.89. The minimum atomic E-state index is -0.935. The number of halogens is 1. The van der Waals surface area contributed by atoms with Gasteiger partial charge in [0.2, 0.25) is 0 Å². The molecule has 1 atom stereocenters. The highest BCUT2D eigenvalue weighted by molar-refractivity contribution is 6.30. The lowest BCUT2D eigenvalue weighted by molar-refractivity contribution is 0.210. The Kier molecular flexibility index (Phi) is 3.12. The Labute approximate surface area is 87.7 Å². The van der Waals surface area contributed by atoms with Gasteiger partial charge in [-0.05, 0) is 30.7 Å². The van der Waals surface area contributed by atoms with Gasteiger partial charge in [0.25, 0.3) is 0 Å². The lowest BCUT2D eigenvalue weighted by Gasteiger charge is -2.23. The largest absolute Gasteiger partial charge is 0.394 e. The average Bonchev–Trinajstić information content (AvgIpc) is 2.18. The van der Waals surface area contributed by atoms with Crippen molar-refractivity contribution in [3.8, 4) is 6.07 Å². The van der Waals surface area contributed by atoms with Gasteiger partial charge in [0, 0.05) is 5.02 Å². The van der Waals surface area contributed by atoms with E-state index in [1.807, 2.05) is 6.07 Å². The molecule has 3 N–H and O–H groups in total. The van der Waals surface area contributed by atoms with E-state index < -0.39 is 5.54 Å². The third kappa shape index (κ3) is 2.05. The molecule has 4 heteroatoms. The van der Waals surface area contributed by atoms with Crippen LogP contribution in [0, 0.1) is 11.3 Å². The number of hydrogen-bond acceptors (Lipinski definition) is 3. The lowest BCUT2D eigenvalue weighted by Crippen LogP contribution is -2.37. The van der Waals surface area contributed by atoms with Gasteiger partial charge in [-0.25, -0.2) is 0 Å². The van der Waals surface area contributed by atoms with Crippen LogP contribution in [0.15, 0.2) is 18.2 Å². The van der Waals surface area contributed by atoms with Gasteiger partial charge in [0.05, 0.1) is 23.8 Å².